The molecule has 4 rings (SSSR count). The quantitative estimate of drug-likeness (QED) is 0.647. The van der Waals surface area contributed by atoms with Crippen molar-refractivity contribution in [1.82, 2.24) is 0 Å². The van der Waals surface area contributed by atoms with E-state index in [1.807, 2.05) is 53.5 Å². The van der Waals surface area contributed by atoms with Crippen LogP contribution in [0.15, 0.2) is 77.9 Å². The van der Waals surface area contributed by atoms with Crippen LogP contribution in [0, 0.1) is 6.92 Å². The van der Waals surface area contributed by atoms with Crippen LogP contribution < -0.4 is 5.01 Å². The van der Waals surface area contributed by atoms with Crippen molar-refractivity contribution in [2.75, 3.05) is 5.01 Å². The van der Waals surface area contributed by atoms with Crippen LogP contribution in [-0.4, -0.2) is 10.8 Å². The summed E-state index contributed by atoms with van der Waals surface area (Å²) in [6.45, 7) is 2.12. The summed E-state index contributed by atoms with van der Waals surface area (Å²) >= 11 is 6.05. The van der Waals surface area contributed by atoms with Gasteiger partial charge in [-0.15, -0.1) is 0 Å². The number of halogens is 1. The molecule has 1 aliphatic heterocycles. The van der Waals surface area contributed by atoms with Gasteiger partial charge in [0.05, 0.1) is 17.4 Å². The van der Waals surface area contributed by atoms with Crippen LogP contribution in [0.5, 0.6) is 5.75 Å². The first-order valence-corrected chi connectivity index (χ1v) is 8.97. The average molecular weight is 363 g/mol. The van der Waals surface area contributed by atoms with Crippen LogP contribution in [0.2, 0.25) is 5.02 Å². The number of aryl methyl sites for hydroxylation is 1. The van der Waals surface area contributed by atoms with Crippen LogP contribution in [0.3, 0.4) is 0 Å². The average Bonchev–Trinajstić information content (AvgIpc) is 3.08. The second kappa shape index (κ2) is 6.85. The Morgan fingerprint density at radius 2 is 1.65 bits per heavy atom. The third kappa shape index (κ3) is 3.06. The van der Waals surface area contributed by atoms with Crippen LogP contribution in [0.4, 0.5) is 5.69 Å². The number of hydrogen-bond donors (Lipinski definition) is 1. The highest BCUT2D eigenvalue weighted by Gasteiger charge is 2.31. The van der Waals surface area contributed by atoms with E-state index < -0.39 is 0 Å². The molecule has 0 saturated carbocycles. The number of hydrazone groups is 1. The van der Waals surface area contributed by atoms with Crippen LogP contribution in [-0.2, 0) is 0 Å². The molecule has 0 aliphatic carbocycles. The van der Waals surface area contributed by atoms with Crippen LogP contribution in [0.25, 0.3) is 0 Å². The number of phenolic OH excluding ortho intramolecular Hbond substituents is 1. The fourth-order valence-corrected chi connectivity index (χ4v) is 3.55. The Morgan fingerprint density at radius 1 is 0.962 bits per heavy atom. The monoisotopic (exact) mass is 362 g/mol. The number of aromatic hydroxyl groups is 1. The minimum Gasteiger partial charge on any atom is -0.507 e. The molecule has 26 heavy (non-hydrogen) atoms. The second-order valence-electron chi connectivity index (χ2n) is 6.46. The molecule has 130 valence electrons. The second-order valence-corrected chi connectivity index (χ2v) is 6.90. The molecule has 0 spiro atoms. The maximum Gasteiger partial charge on any atom is 0.124 e. The van der Waals surface area contributed by atoms with E-state index in [1.165, 1.54) is 11.1 Å². The number of para-hydroxylation sites is 1. The largest absolute Gasteiger partial charge is 0.507 e. The molecule has 3 nitrogen and oxygen atoms in total. The topological polar surface area (TPSA) is 35.8 Å². The molecule has 4 heteroatoms. The van der Waals surface area contributed by atoms with Gasteiger partial charge in [0.25, 0.3) is 0 Å². The van der Waals surface area contributed by atoms with Gasteiger partial charge in [-0.1, -0.05) is 48.0 Å². The van der Waals surface area contributed by atoms with Gasteiger partial charge >= 0.3 is 0 Å². The fraction of sp³-hybridized carbons (Fsp3) is 0.136. The Balaban J connectivity index is 1.80. The molecular weight excluding hydrogens is 344 g/mol. The maximum atomic E-state index is 10.3. The first-order valence-electron chi connectivity index (χ1n) is 8.59. The van der Waals surface area contributed by atoms with Gasteiger partial charge < -0.3 is 5.11 Å². The highest BCUT2D eigenvalue weighted by atomic mass is 35.5. The lowest BCUT2D eigenvalue weighted by Gasteiger charge is -2.25. The van der Waals surface area contributed by atoms with Crippen molar-refractivity contribution in [3.63, 3.8) is 0 Å². The van der Waals surface area contributed by atoms with Gasteiger partial charge in [-0.05, 0) is 54.4 Å². The van der Waals surface area contributed by atoms with E-state index in [9.17, 15) is 5.11 Å². The number of rotatable bonds is 3. The summed E-state index contributed by atoms with van der Waals surface area (Å²) in [4.78, 5) is 0. The molecule has 3 aromatic rings. The van der Waals surface area contributed by atoms with E-state index in [0.717, 1.165) is 23.4 Å². The van der Waals surface area contributed by atoms with E-state index in [2.05, 4.69) is 25.1 Å². The first-order chi connectivity index (χ1) is 12.6. The molecule has 3 aromatic carbocycles. The Kier molecular flexibility index (Phi) is 4.39. The summed E-state index contributed by atoms with van der Waals surface area (Å²) in [5.74, 6) is 0.257. The molecule has 1 N–H and O–H groups in total. The lowest BCUT2D eigenvalue weighted by molar-refractivity contribution is 0.474. The first kappa shape index (κ1) is 16.7. The van der Waals surface area contributed by atoms with Gasteiger partial charge in [0.1, 0.15) is 5.75 Å². The molecule has 0 aromatic heterocycles. The van der Waals surface area contributed by atoms with E-state index in [-0.39, 0.29) is 11.8 Å². The Hall–Kier alpha value is -2.78. The van der Waals surface area contributed by atoms with Crippen LogP contribution >= 0.6 is 11.6 Å². The summed E-state index contributed by atoms with van der Waals surface area (Å²) in [5, 5.41) is 17.9. The zero-order valence-electron chi connectivity index (χ0n) is 14.4. The SMILES string of the molecule is Cc1ccccc1C1CC(c2ccccc2O)=NN1c1ccc(Cl)cc1. The Labute approximate surface area is 158 Å². The highest BCUT2D eigenvalue weighted by molar-refractivity contribution is 6.30. The number of phenols is 1. The lowest BCUT2D eigenvalue weighted by atomic mass is 9.95. The molecule has 0 saturated heterocycles. The standard InChI is InChI=1S/C22H19ClN2O/c1-15-6-2-3-7-18(15)21-14-20(19-8-4-5-9-22(19)26)24-25(21)17-12-10-16(23)11-13-17/h2-13,21,26H,14H2,1H3. The fourth-order valence-electron chi connectivity index (χ4n) is 3.43. The van der Waals surface area contributed by atoms with Gasteiger partial charge in [-0.3, -0.25) is 5.01 Å². The molecule has 1 unspecified atom stereocenters. The van der Waals surface area contributed by atoms with Gasteiger partial charge in [0, 0.05) is 17.0 Å². The summed E-state index contributed by atoms with van der Waals surface area (Å²) in [6, 6.07) is 23.5. The zero-order valence-corrected chi connectivity index (χ0v) is 15.2. The van der Waals surface area contributed by atoms with Gasteiger partial charge in [0.2, 0.25) is 0 Å². The van der Waals surface area contributed by atoms with Gasteiger partial charge in [-0.2, -0.15) is 5.10 Å². The predicted octanol–water partition coefficient (Wildman–Crippen LogP) is 5.71. The van der Waals surface area contributed by atoms with Crippen molar-refractivity contribution in [2.45, 2.75) is 19.4 Å². The number of nitrogens with zero attached hydrogens (tertiary/aromatic N) is 2. The number of anilines is 1. The minimum atomic E-state index is 0.0759. The maximum absolute atomic E-state index is 10.3. The van der Waals surface area contributed by atoms with E-state index in [1.54, 1.807) is 6.07 Å². The Morgan fingerprint density at radius 3 is 2.38 bits per heavy atom. The predicted molar refractivity (Wildman–Crippen MR) is 107 cm³/mol. The number of hydrogen-bond acceptors (Lipinski definition) is 3. The van der Waals surface area contributed by atoms with E-state index >= 15 is 0 Å². The summed E-state index contributed by atoms with van der Waals surface area (Å²) in [5.41, 5.74) is 5.10. The molecule has 0 amide bonds. The molecule has 0 bridgehead atoms. The molecule has 1 heterocycles. The van der Waals surface area contributed by atoms with Crippen molar-refractivity contribution >= 4 is 23.0 Å². The molecule has 1 aliphatic rings. The molecule has 0 radical (unpaired) electrons. The van der Waals surface area contributed by atoms with Crippen LogP contribution in [0.1, 0.15) is 29.2 Å². The summed E-state index contributed by atoms with van der Waals surface area (Å²) in [6.07, 6.45) is 0.727. The lowest BCUT2D eigenvalue weighted by Crippen LogP contribution is -2.19. The smallest absolute Gasteiger partial charge is 0.124 e. The molecule has 0 fully saturated rings. The minimum absolute atomic E-state index is 0.0759. The summed E-state index contributed by atoms with van der Waals surface area (Å²) < 4.78 is 0. The van der Waals surface area contributed by atoms with Crippen molar-refractivity contribution < 1.29 is 5.11 Å². The van der Waals surface area contributed by atoms with E-state index in [4.69, 9.17) is 16.7 Å². The highest BCUT2D eigenvalue weighted by Crippen LogP contribution is 2.39. The number of benzene rings is 3. The molecular formula is C22H19ClN2O. The van der Waals surface area contributed by atoms with E-state index in [0.29, 0.717) is 5.02 Å². The van der Waals surface area contributed by atoms with Crippen molar-refractivity contribution in [2.24, 2.45) is 5.10 Å². The normalized spacial score (nSPS) is 16.6. The Bertz CT molecular complexity index is 966. The summed E-state index contributed by atoms with van der Waals surface area (Å²) in [7, 11) is 0. The third-order valence-electron chi connectivity index (χ3n) is 4.76. The van der Waals surface area contributed by atoms with Crippen molar-refractivity contribution in [3.8, 4) is 5.75 Å². The van der Waals surface area contributed by atoms with Gasteiger partial charge in [0.15, 0.2) is 0 Å². The molecule has 1 atom stereocenters. The van der Waals surface area contributed by atoms with Crippen molar-refractivity contribution in [3.05, 3.63) is 94.5 Å². The van der Waals surface area contributed by atoms with Gasteiger partial charge in [-0.25, -0.2) is 0 Å². The third-order valence-corrected chi connectivity index (χ3v) is 5.02. The van der Waals surface area contributed by atoms with Crippen molar-refractivity contribution in [1.29, 1.82) is 0 Å². The zero-order chi connectivity index (χ0) is 18.1.